The molecule has 0 aliphatic heterocycles. The van der Waals surface area contributed by atoms with Crippen LogP contribution < -0.4 is 10.6 Å². The van der Waals surface area contributed by atoms with E-state index in [4.69, 9.17) is 4.74 Å². The fraction of sp³-hybridized carbons (Fsp3) is 0.440. The van der Waals surface area contributed by atoms with E-state index in [-0.39, 0.29) is 5.91 Å². The Bertz CT molecular complexity index is 795. The lowest BCUT2D eigenvalue weighted by Gasteiger charge is -2.22. The molecular weight excluding hydrogens is 390 g/mol. The van der Waals surface area contributed by atoms with Gasteiger partial charge in [-0.15, -0.1) is 0 Å². The molecule has 1 aliphatic carbocycles. The Morgan fingerprint density at radius 1 is 1.39 bits per heavy atom. The summed E-state index contributed by atoms with van der Waals surface area (Å²) in [5.41, 5.74) is 1.49. The maximum absolute atomic E-state index is 12.6. The molecule has 0 spiro atoms. The number of anilines is 1. The van der Waals surface area contributed by atoms with Gasteiger partial charge in [-0.1, -0.05) is 50.6 Å². The van der Waals surface area contributed by atoms with Crippen LogP contribution in [0.3, 0.4) is 0 Å². The van der Waals surface area contributed by atoms with Crippen molar-refractivity contribution in [2.45, 2.75) is 51.7 Å². The number of ether oxygens (including phenoxy) is 1. The molecule has 6 nitrogen and oxygen atoms in total. The zero-order valence-corrected chi connectivity index (χ0v) is 18.5. The smallest absolute Gasteiger partial charge is 0.272 e. The van der Waals surface area contributed by atoms with E-state index in [1.807, 2.05) is 6.92 Å². The van der Waals surface area contributed by atoms with Crippen molar-refractivity contribution in [1.29, 1.82) is 0 Å². The van der Waals surface area contributed by atoms with Crippen molar-refractivity contribution < 1.29 is 14.6 Å². The SMILES string of the molecule is C=C/C=C(/OCC)C(=C)/C=C\CC(O)Nc1cccnc1C(=O)NCC1CCCCC1. The van der Waals surface area contributed by atoms with Gasteiger partial charge in [-0.2, -0.15) is 0 Å². The number of hydrogen-bond acceptors (Lipinski definition) is 5. The second-order valence-corrected chi connectivity index (χ2v) is 7.64. The number of aliphatic hydroxyl groups is 1. The summed E-state index contributed by atoms with van der Waals surface area (Å²) in [4.78, 5) is 16.9. The second kappa shape index (κ2) is 13.4. The summed E-state index contributed by atoms with van der Waals surface area (Å²) in [6, 6.07) is 3.48. The van der Waals surface area contributed by atoms with E-state index < -0.39 is 6.23 Å². The number of rotatable bonds is 12. The van der Waals surface area contributed by atoms with Gasteiger partial charge in [-0.25, -0.2) is 4.98 Å². The first-order chi connectivity index (χ1) is 15.0. The minimum atomic E-state index is -0.878. The third kappa shape index (κ3) is 8.42. The zero-order chi connectivity index (χ0) is 22.5. The molecule has 1 aromatic heterocycles. The van der Waals surface area contributed by atoms with E-state index in [9.17, 15) is 9.90 Å². The number of carbonyl (C=O) groups is 1. The van der Waals surface area contributed by atoms with Crippen molar-refractivity contribution in [3.05, 3.63) is 72.8 Å². The number of amides is 1. The zero-order valence-electron chi connectivity index (χ0n) is 18.5. The highest BCUT2D eigenvalue weighted by Crippen LogP contribution is 2.23. The molecule has 2 rings (SSSR count). The molecule has 0 saturated heterocycles. The highest BCUT2D eigenvalue weighted by Gasteiger charge is 2.18. The van der Waals surface area contributed by atoms with Crippen molar-refractivity contribution in [1.82, 2.24) is 10.3 Å². The largest absolute Gasteiger partial charge is 0.493 e. The summed E-state index contributed by atoms with van der Waals surface area (Å²) in [6.07, 6.45) is 14.1. The summed E-state index contributed by atoms with van der Waals surface area (Å²) in [6.45, 7) is 10.8. The first kappa shape index (κ1) is 24.4. The summed E-state index contributed by atoms with van der Waals surface area (Å²) in [5.74, 6) is 0.958. The van der Waals surface area contributed by atoms with E-state index >= 15 is 0 Å². The van der Waals surface area contributed by atoms with Crippen molar-refractivity contribution in [2.75, 3.05) is 18.5 Å². The fourth-order valence-corrected chi connectivity index (χ4v) is 3.58. The topological polar surface area (TPSA) is 83.5 Å². The molecule has 1 unspecified atom stereocenters. The average molecular weight is 426 g/mol. The van der Waals surface area contributed by atoms with Gasteiger partial charge in [0.25, 0.3) is 5.91 Å². The van der Waals surface area contributed by atoms with E-state index in [1.165, 1.54) is 19.3 Å². The molecular formula is C25H35N3O3. The molecule has 1 fully saturated rings. The van der Waals surface area contributed by atoms with Gasteiger partial charge >= 0.3 is 0 Å². The van der Waals surface area contributed by atoms with Crippen molar-refractivity contribution in [3.8, 4) is 0 Å². The van der Waals surface area contributed by atoms with E-state index in [2.05, 4.69) is 28.8 Å². The van der Waals surface area contributed by atoms with Gasteiger partial charge in [0.05, 0.1) is 12.3 Å². The molecule has 0 aromatic carbocycles. The van der Waals surface area contributed by atoms with Crippen LogP contribution in [0.5, 0.6) is 0 Å². The highest BCUT2D eigenvalue weighted by atomic mass is 16.5. The van der Waals surface area contributed by atoms with Gasteiger partial charge in [0.1, 0.15) is 12.0 Å². The molecule has 1 heterocycles. The first-order valence-corrected chi connectivity index (χ1v) is 11.0. The highest BCUT2D eigenvalue weighted by molar-refractivity contribution is 5.97. The minimum Gasteiger partial charge on any atom is -0.493 e. The van der Waals surface area contributed by atoms with Gasteiger partial charge in [0.2, 0.25) is 0 Å². The van der Waals surface area contributed by atoms with Gasteiger partial charge in [0, 0.05) is 24.7 Å². The molecule has 3 N–H and O–H groups in total. The predicted molar refractivity (Wildman–Crippen MR) is 126 cm³/mol. The number of hydrogen-bond donors (Lipinski definition) is 3. The molecule has 168 valence electrons. The molecule has 6 heteroatoms. The van der Waals surface area contributed by atoms with Crippen LogP contribution >= 0.6 is 0 Å². The number of carbonyl (C=O) groups excluding carboxylic acids is 1. The van der Waals surface area contributed by atoms with Crippen molar-refractivity contribution >= 4 is 11.6 Å². The van der Waals surface area contributed by atoms with Gasteiger partial charge in [-0.05, 0) is 43.9 Å². The fourth-order valence-electron chi connectivity index (χ4n) is 3.58. The monoisotopic (exact) mass is 425 g/mol. The quantitative estimate of drug-likeness (QED) is 0.256. The Morgan fingerprint density at radius 3 is 2.87 bits per heavy atom. The number of aromatic nitrogens is 1. The van der Waals surface area contributed by atoms with Crippen LogP contribution in [0, 0.1) is 5.92 Å². The number of aliphatic hydroxyl groups excluding tert-OH is 1. The third-order valence-corrected chi connectivity index (χ3v) is 5.18. The molecule has 1 saturated carbocycles. The van der Waals surface area contributed by atoms with Crippen LogP contribution in [-0.2, 0) is 4.74 Å². The summed E-state index contributed by atoms with van der Waals surface area (Å²) in [5, 5.41) is 16.4. The number of allylic oxidation sites excluding steroid dienone is 3. The standard InChI is InChI=1S/C25H35N3O3/c1-4-11-22(31-5-2)19(3)12-9-16-23(29)28-21-15-10-17-26-24(21)25(30)27-18-20-13-7-6-8-14-20/h4,9-12,15,17,20,23,28-29H,1,3,5-8,13-14,16,18H2,2H3,(H,27,30)/b12-9-,22-11+. The van der Waals surface area contributed by atoms with E-state index in [0.717, 1.165) is 12.8 Å². The van der Waals surface area contributed by atoms with Crippen LogP contribution in [0.2, 0.25) is 0 Å². The molecule has 1 aliphatic rings. The summed E-state index contributed by atoms with van der Waals surface area (Å²) < 4.78 is 5.51. The third-order valence-electron chi connectivity index (χ3n) is 5.18. The van der Waals surface area contributed by atoms with E-state index in [0.29, 0.717) is 48.2 Å². The van der Waals surface area contributed by atoms with Crippen LogP contribution in [0.15, 0.2) is 67.1 Å². The minimum absolute atomic E-state index is 0.222. The molecule has 1 amide bonds. The average Bonchev–Trinajstić information content (AvgIpc) is 2.78. The maximum Gasteiger partial charge on any atom is 0.272 e. The molecule has 1 aromatic rings. The van der Waals surface area contributed by atoms with Crippen molar-refractivity contribution in [2.24, 2.45) is 5.92 Å². The summed E-state index contributed by atoms with van der Waals surface area (Å²) in [7, 11) is 0. The molecule has 0 radical (unpaired) electrons. The predicted octanol–water partition coefficient (Wildman–Crippen LogP) is 4.73. The van der Waals surface area contributed by atoms with Crippen molar-refractivity contribution in [3.63, 3.8) is 0 Å². The Balaban J connectivity index is 1.90. The Morgan fingerprint density at radius 2 is 2.16 bits per heavy atom. The molecule has 0 bridgehead atoms. The second-order valence-electron chi connectivity index (χ2n) is 7.64. The normalized spacial score (nSPS) is 16.0. The van der Waals surface area contributed by atoms with Gasteiger partial charge in [0.15, 0.2) is 5.69 Å². The van der Waals surface area contributed by atoms with Gasteiger partial charge < -0.3 is 20.5 Å². The van der Waals surface area contributed by atoms with Crippen LogP contribution in [0.1, 0.15) is 55.9 Å². The number of nitrogens with zero attached hydrogens (tertiary/aromatic N) is 1. The number of nitrogens with one attached hydrogen (secondary N) is 2. The Labute approximate surface area is 185 Å². The summed E-state index contributed by atoms with van der Waals surface area (Å²) >= 11 is 0. The lowest BCUT2D eigenvalue weighted by Crippen LogP contribution is -2.32. The maximum atomic E-state index is 12.6. The van der Waals surface area contributed by atoms with Crippen LogP contribution in [0.4, 0.5) is 5.69 Å². The van der Waals surface area contributed by atoms with E-state index in [1.54, 1.807) is 42.6 Å². The van der Waals surface area contributed by atoms with Gasteiger partial charge in [-0.3, -0.25) is 4.79 Å². The lowest BCUT2D eigenvalue weighted by molar-refractivity contribution is 0.0939. The molecule has 1 atom stereocenters. The van der Waals surface area contributed by atoms with Crippen LogP contribution in [0.25, 0.3) is 0 Å². The number of pyridine rings is 1. The van der Waals surface area contributed by atoms with Crippen LogP contribution in [-0.4, -0.2) is 35.4 Å². The molecule has 31 heavy (non-hydrogen) atoms. The Hall–Kier alpha value is -2.86. The lowest BCUT2D eigenvalue weighted by atomic mass is 9.89. The Kier molecular flexibility index (Phi) is 10.6. The first-order valence-electron chi connectivity index (χ1n) is 11.0.